The summed E-state index contributed by atoms with van der Waals surface area (Å²) in [6, 6.07) is 92.5. The number of rotatable bonds is 4. The number of hydrogen-bond acceptors (Lipinski definition) is 4. The Kier molecular flexibility index (Phi) is 11.9. The lowest BCUT2D eigenvalue weighted by Crippen LogP contribution is -2.31. The second-order valence-electron chi connectivity index (χ2n) is 19.7. The van der Waals surface area contributed by atoms with Crippen LogP contribution in [0.4, 0.5) is 0 Å². The van der Waals surface area contributed by atoms with Gasteiger partial charge in [-0.2, -0.15) is 0 Å². The van der Waals surface area contributed by atoms with Gasteiger partial charge in [-0.05, 0) is 146 Å². The van der Waals surface area contributed by atoms with Crippen LogP contribution in [0.5, 0.6) is 0 Å². The molecule has 2 N–H and O–H groups in total. The fourth-order valence-electron chi connectivity index (χ4n) is 11.9. The normalized spacial score (nSPS) is 11.5. The second kappa shape index (κ2) is 19.7. The van der Waals surface area contributed by atoms with Gasteiger partial charge in [0.2, 0.25) is 0 Å². The molecule has 16 rings (SSSR count). The van der Waals surface area contributed by atoms with Crippen molar-refractivity contribution < 1.29 is 18.9 Å². The minimum Gasteiger partial charge on any atom is -0.456 e. The van der Waals surface area contributed by atoms with Crippen LogP contribution in [0.15, 0.2) is 280 Å². The zero-order valence-electron chi connectivity index (χ0n) is 42.1. The fraction of sp³-hybridized carbons (Fsp3) is 0. The quantitative estimate of drug-likeness (QED) is 0.136. The Morgan fingerprint density at radius 1 is 0.269 bits per heavy atom. The minimum absolute atomic E-state index is 0.566. The molecule has 0 amide bonds. The highest BCUT2D eigenvalue weighted by atomic mass is 79.9. The van der Waals surface area contributed by atoms with E-state index in [1.54, 1.807) is 0 Å². The van der Waals surface area contributed by atoms with E-state index in [9.17, 15) is 10.0 Å². The van der Waals surface area contributed by atoms with Crippen molar-refractivity contribution in [2.45, 2.75) is 0 Å². The number of hydrogen-bond donors (Lipinski definition) is 2. The Bertz CT molecular complexity index is 4850. The van der Waals surface area contributed by atoms with Gasteiger partial charge in [-0.1, -0.05) is 240 Å². The summed E-state index contributed by atoms with van der Waals surface area (Å²) in [5.41, 5.74) is 11.5. The molecule has 0 aliphatic heterocycles. The highest BCUT2D eigenvalue weighted by molar-refractivity contribution is 9.10. The van der Waals surface area contributed by atoms with Gasteiger partial charge in [0.1, 0.15) is 22.3 Å². The third kappa shape index (κ3) is 8.09. The Morgan fingerprint density at radius 3 is 1.05 bits per heavy atom. The van der Waals surface area contributed by atoms with Gasteiger partial charge >= 0.3 is 7.12 Å². The van der Waals surface area contributed by atoms with Gasteiger partial charge in [0.25, 0.3) is 0 Å². The van der Waals surface area contributed by atoms with Crippen molar-refractivity contribution in [1.82, 2.24) is 0 Å². The maximum Gasteiger partial charge on any atom is 0.489 e. The molecule has 0 radical (unpaired) electrons. The molecule has 0 aliphatic rings. The molecule has 368 valence electrons. The van der Waals surface area contributed by atoms with E-state index in [-0.39, 0.29) is 0 Å². The molecule has 0 saturated heterocycles. The van der Waals surface area contributed by atoms with Gasteiger partial charge in [0, 0.05) is 26.0 Å². The van der Waals surface area contributed by atoms with Crippen LogP contribution in [0.1, 0.15) is 0 Å². The Balaban J connectivity index is 0.000000115. The summed E-state index contributed by atoms with van der Waals surface area (Å²) < 4.78 is 13.4. The Morgan fingerprint density at radius 2 is 0.615 bits per heavy atom. The molecule has 16 aromatic rings. The first-order valence-corrected chi connectivity index (χ1v) is 26.9. The summed E-state index contributed by atoms with van der Waals surface area (Å²) in [5.74, 6) is 0. The van der Waals surface area contributed by atoms with Crippen LogP contribution < -0.4 is 5.46 Å². The summed E-state index contributed by atoms with van der Waals surface area (Å²) >= 11 is 3.48. The lowest BCUT2D eigenvalue weighted by molar-refractivity contribution is 0.426. The molecular formula is C72H46BBrO4. The van der Waals surface area contributed by atoms with E-state index >= 15 is 0 Å². The summed E-state index contributed by atoms with van der Waals surface area (Å²) in [4.78, 5) is 0. The van der Waals surface area contributed by atoms with Gasteiger partial charge < -0.3 is 18.9 Å². The topological polar surface area (TPSA) is 66.7 Å². The summed E-state index contributed by atoms with van der Waals surface area (Å²) in [7, 11) is -1.50. The molecule has 0 bridgehead atoms. The van der Waals surface area contributed by atoms with E-state index in [4.69, 9.17) is 8.83 Å². The first-order chi connectivity index (χ1) is 38.5. The summed E-state index contributed by atoms with van der Waals surface area (Å²) in [5, 5.41) is 38.4. The number of halogens is 1. The first kappa shape index (κ1) is 47.2. The standard InChI is InChI=1S/C36H22O.C20H15BO2.C16H9BrO/c1-2-11-24(12-3-1)34-27-14-6-8-16-29(27)35(30-17-9-7-15-28(30)34)25-18-20-31-33(22-25)37-32-21-19-23-10-4-5-13-26(23)36(31)32;22-21(23)20-17-12-6-4-10-15(17)19(14-8-2-1-3-9-14)16-11-5-7-13-18(16)20;17-11-6-7-13-15(9-11)18-14-8-5-10-3-1-2-4-12(10)16(13)14/h1-22H;1-13,22-23H;1-9H. The van der Waals surface area contributed by atoms with Crippen LogP contribution >= 0.6 is 15.9 Å². The van der Waals surface area contributed by atoms with Crippen LogP contribution in [0.3, 0.4) is 0 Å². The van der Waals surface area contributed by atoms with Crippen molar-refractivity contribution in [3.63, 3.8) is 0 Å². The predicted molar refractivity (Wildman–Crippen MR) is 333 cm³/mol. The summed E-state index contributed by atoms with van der Waals surface area (Å²) in [6.45, 7) is 0. The monoisotopic (exact) mass is 1060 g/mol. The van der Waals surface area contributed by atoms with E-state index in [0.717, 1.165) is 64.9 Å². The number of furan rings is 2. The van der Waals surface area contributed by atoms with E-state index in [1.165, 1.54) is 81.5 Å². The Hall–Kier alpha value is -9.30. The van der Waals surface area contributed by atoms with Gasteiger partial charge in [0.05, 0.1) is 0 Å². The zero-order chi connectivity index (χ0) is 52.3. The molecule has 6 heteroatoms. The molecule has 0 unspecified atom stereocenters. The summed E-state index contributed by atoms with van der Waals surface area (Å²) in [6.07, 6.45) is 0. The lowest BCUT2D eigenvalue weighted by atomic mass is 9.72. The molecule has 0 saturated carbocycles. The van der Waals surface area contributed by atoms with Crippen LogP contribution in [0, 0.1) is 0 Å². The van der Waals surface area contributed by atoms with Crippen molar-refractivity contribution in [2.75, 3.05) is 0 Å². The molecular weight excluding hydrogens is 1020 g/mol. The molecule has 14 aromatic carbocycles. The SMILES string of the molecule is Brc1ccc2c(c1)oc1ccc3ccccc3c12.OB(O)c1c2ccccc2c(-c2ccccc2)c2ccccc12.c1ccc(-c2c3ccccc3c(-c3ccc4c(c3)oc3ccc5ccccc5c34)c3ccccc23)cc1. The van der Waals surface area contributed by atoms with Crippen molar-refractivity contribution in [1.29, 1.82) is 0 Å². The number of benzene rings is 14. The number of fused-ring (bicyclic) bond motifs is 14. The highest BCUT2D eigenvalue weighted by Crippen LogP contribution is 2.45. The molecule has 0 atom stereocenters. The fourth-order valence-corrected chi connectivity index (χ4v) is 12.3. The maximum atomic E-state index is 9.94. The Labute approximate surface area is 457 Å². The van der Waals surface area contributed by atoms with Crippen molar-refractivity contribution >= 4 is 137 Å². The molecule has 0 fully saturated rings. The molecule has 78 heavy (non-hydrogen) atoms. The zero-order valence-corrected chi connectivity index (χ0v) is 43.7. The molecule has 0 aliphatic carbocycles. The largest absolute Gasteiger partial charge is 0.489 e. The average Bonchev–Trinajstić information content (AvgIpc) is 4.22. The molecule has 0 spiro atoms. The van der Waals surface area contributed by atoms with E-state index < -0.39 is 7.12 Å². The molecule has 2 aromatic heterocycles. The third-order valence-corrected chi connectivity index (χ3v) is 15.8. The van der Waals surface area contributed by atoms with Crippen molar-refractivity contribution in [3.8, 4) is 33.4 Å². The second-order valence-corrected chi connectivity index (χ2v) is 20.6. The third-order valence-electron chi connectivity index (χ3n) is 15.3. The van der Waals surface area contributed by atoms with Crippen LogP contribution in [0.2, 0.25) is 0 Å². The van der Waals surface area contributed by atoms with Crippen molar-refractivity contribution in [2.24, 2.45) is 0 Å². The smallest absolute Gasteiger partial charge is 0.456 e. The molecule has 4 nitrogen and oxygen atoms in total. The minimum atomic E-state index is -1.50. The van der Waals surface area contributed by atoms with Gasteiger partial charge in [-0.25, -0.2) is 0 Å². The van der Waals surface area contributed by atoms with Gasteiger partial charge in [-0.15, -0.1) is 0 Å². The van der Waals surface area contributed by atoms with E-state index in [0.29, 0.717) is 5.46 Å². The van der Waals surface area contributed by atoms with Crippen LogP contribution in [-0.2, 0) is 0 Å². The average molecular weight is 1070 g/mol. The highest BCUT2D eigenvalue weighted by Gasteiger charge is 2.23. The van der Waals surface area contributed by atoms with Gasteiger partial charge in [-0.3, -0.25) is 0 Å². The predicted octanol–water partition coefficient (Wildman–Crippen LogP) is 19.2. The van der Waals surface area contributed by atoms with Gasteiger partial charge in [0.15, 0.2) is 0 Å². The maximum absolute atomic E-state index is 9.94. The lowest BCUT2D eigenvalue weighted by Gasteiger charge is -2.17. The first-order valence-electron chi connectivity index (χ1n) is 26.1. The van der Waals surface area contributed by atoms with E-state index in [2.05, 4.69) is 204 Å². The van der Waals surface area contributed by atoms with E-state index in [1.807, 2.05) is 78.9 Å². The van der Waals surface area contributed by atoms with Crippen LogP contribution in [0.25, 0.3) is 142 Å². The van der Waals surface area contributed by atoms with Crippen LogP contribution in [-0.4, -0.2) is 17.2 Å². The van der Waals surface area contributed by atoms with Crippen molar-refractivity contribution in [3.05, 3.63) is 271 Å². The molecule has 2 heterocycles.